The Morgan fingerprint density at radius 1 is 1.30 bits per heavy atom. The van der Waals surface area contributed by atoms with Gasteiger partial charge in [0.1, 0.15) is 0 Å². The van der Waals surface area contributed by atoms with Crippen molar-refractivity contribution in [2.24, 2.45) is 7.05 Å². The second-order valence-electron chi connectivity index (χ2n) is 6.49. The normalized spacial score (nSPS) is 16.9. The van der Waals surface area contributed by atoms with Crippen molar-refractivity contribution >= 4 is 17.5 Å². The van der Waals surface area contributed by atoms with E-state index in [-0.39, 0.29) is 17.4 Å². The fraction of sp³-hybridized carbons (Fsp3) is 0.444. The van der Waals surface area contributed by atoms with Crippen LogP contribution in [0, 0.1) is 13.8 Å². The molecule has 1 fully saturated rings. The molecule has 1 aliphatic rings. The van der Waals surface area contributed by atoms with E-state index >= 15 is 0 Å². The van der Waals surface area contributed by atoms with Crippen molar-refractivity contribution in [2.45, 2.75) is 45.1 Å². The minimum atomic E-state index is -0.386. The number of hydrogen-bond acceptors (Lipinski definition) is 2. The van der Waals surface area contributed by atoms with Crippen molar-refractivity contribution in [3.8, 4) is 0 Å². The van der Waals surface area contributed by atoms with Gasteiger partial charge in [0, 0.05) is 23.3 Å². The molecule has 1 atom stereocenters. The molecular formula is C18H22ClN3O. The van der Waals surface area contributed by atoms with Crippen molar-refractivity contribution in [1.82, 2.24) is 15.1 Å². The lowest BCUT2D eigenvalue weighted by Gasteiger charge is -2.20. The van der Waals surface area contributed by atoms with Gasteiger partial charge >= 0.3 is 0 Å². The number of benzene rings is 1. The summed E-state index contributed by atoms with van der Waals surface area (Å²) in [5.41, 5.74) is 3.82. The zero-order valence-electron chi connectivity index (χ0n) is 14.0. The predicted octanol–water partition coefficient (Wildman–Crippen LogP) is 3.60. The third kappa shape index (κ3) is 2.76. The van der Waals surface area contributed by atoms with Crippen LogP contribution in [0.5, 0.6) is 0 Å². The summed E-state index contributed by atoms with van der Waals surface area (Å²) in [6.07, 6.45) is 1.77. The number of aromatic nitrogens is 2. The highest BCUT2D eigenvalue weighted by Crippen LogP contribution is 2.49. The number of hydrogen-bond donors (Lipinski definition) is 1. The molecule has 3 rings (SSSR count). The Labute approximate surface area is 141 Å². The quantitative estimate of drug-likeness (QED) is 0.930. The van der Waals surface area contributed by atoms with Crippen LogP contribution in [0.2, 0.25) is 5.02 Å². The van der Waals surface area contributed by atoms with Gasteiger partial charge in [-0.1, -0.05) is 23.7 Å². The molecule has 0 aliphatic heterocycles. The van der Waals surface area contributed by atoms with Gasteiger partial charge < -0.3 is 5.32 Å². The fourth-order valence-corrected chi connectivity index (χ4v) is 3.49. The molecule has 5 heteroatoms. The Kier molecular flexibility index (Phi) is 3.96. The molecule has 0 unspecified atom stereocenters. The van der Waals surface area contributed by atoms with Crippen LogP contribution in [0.25, 0.3) is 0 Å². The number of nitrogens with one attached hydrogen (secondary N) is 1. The van der Waals surface area contributed by atoms with E-state index in [0.717, 1.165) is 35.4 Å². The lowest BCUT2D eigenvalue weighted by atomic mass is 9.94. The van der Waals surface area contributed by atoms with Crippen LogP contribution in [0.1, 0.15) is 48.3 Å². The van der Waals surface area contributed by atoms with Crippen molar-refractivity contribution in [3.63, 3.8) is 0 Å². The minimum absolute atomic E-state index is 0.0547. The molecule has 0 bridgehead atoms. The number of halogens is 1. The molecule has 1 aliphatic carbocycles. The molecule has 1 aromatic heterocycles. The zero-order valence-corrected chi connectivity index (χ0v) is 14.7. The molecule has 1 heterocycles. The molecule has 2 aromatic rings. The molecule has 122 valence electrons. The second-order valence-corrected chi connectivity index (χ2v) is 6.93. The number of nitrogens with zero attached hydrogens (tertiary/aromatic N) is 2. The Bertz CT molecular complexity index is 744. The van der Waals surface area contributed by atoms with Crippen LogP contribution in [0.3, 0.4) is 0 Å². The number of carbonyl (C=O) groups is 1. The first-order chi connectivity index (χ1) is 10.8. The molecule has 23 heavy (non-hydrogen) atoms. The third-order valence-corrected chi connectivity index (χ3v) is 5.18. The van der Waals surface area contributed by atoms with Gasteiger partial charge in [-0.15, -0.1) is 0 Å². The summed E-state index contributed by atoms with van der Waals surface area (Å²) in [4.78, 5) is 12.9. The average molecular weight is 332 g/mol. The largest absolute Gasteiger partial charge is 0.349 e. The Morgan fingerprint density at radius 2 is 1.91 bits per heavy atom. The highest BCUT2D eigenvalue weighted by atomic mass is 35.5. The van der Waals surface area contributed by atoms with E-state index in [2.05, 4.69) is 10.4 Å². The van der Waals surface area contributed by atoms with E-state index in [4.69, 9.17) is 11.6 Å². The van der Waals surface area contributed by atoms with Crippen LogP contribution < -0.4 is 5.32 Å². The second kappa shape index (κ2) is 5.68. The fourth-order valence-electron chi connectivity index (χ4n) is 3.36. The highest BCUT2D eigenvalue weighted by molar-refractivity contribution is 6.30. The van der Waals surface area contributed by atoms with Crippen LogP contribution >= 0.6 is 11.6 Å². The van der Waals surface area contributed by atoms with Gasteiger partial charge in [0.25, 0.3) is 0 Å². The van der Waals surface area contributed by atoms with Crippen molar-refractivity contribution < 1.29 is 4.79 Å². The van der Waals surface area contributed by atoms with Gasteiger partial charge in [-0.3, -0.25) is 9.48 Å². The van der Waals surface area contributed by atoms with Gasteiger partial charge in [-0.05, 0) is 51.3 Å². The SMILES string of the molecule is Cc1nn(C)c(C)c1[C@@H](C)NC(=O)C1(c2ccc(Cl)cc2)CC1. The molecule has 1 saturated carbocycles. The lowest BCUT2D eigenvalue weighted by Crippen LogP contribution is -2.36. The first kappa shape index (κ1) is 16.1. The van der Waals surface area contributed by atoms with Gasteiger partial charge in [0.15, 0.2) is 0 Å². The van der Waals surface area contributed by atoms with Crippen molar-refractivity contribution in [2.75, 3.05) is 0 Å². The first-order valence-corrected chi connectivity index (χ1v) is 8.30. The van der Waals surface area contributed by atoms with Gasteiger partial charge in [-0.25, -0.2) is 0 Å². The van der Waals surface area contributed by atoms with E-state index in [0.29, 0.717) is 5.02 Å². The predicted molar refractivity (Wildman–Crippen MR) is 91.6 cm³/mol. The Hall–Kier alpha value is -1.81. The van der Waals surface area contributed by atoms with E-state index in [1.165, 1.54) is 0 Å². The maximum atomic E-state index is 12.9. The zero-order chi connectivity index (χ0) is 16.8. The highest BCUT2D eigenvalue weighted by Gasteiger charge is 2.51. The molecular weight excluding hydrogens is 310 g/mol. The average Bonchev–Trinajstić information content (AvgIpc) is 3.25. The van der Waals surface area contributed by atoms with Crippen molar-refractivity contribution in [3.05, 3.63) is 51.8 Å². The minimum Gasteiger partial charge on any atom is -0.349 e. The summed E-state index contributed by atoms with van der Waals surface area (Å²) in [7, 11) is 1.93. The van der Waals surface area contributed by atoms with Gasteiger partial charge in [-0.2, -0.15) is 5.10 Å². The summed E-state index contributed by atoms with van der Waals surface area (Å²) in [5.74, 6) is 0.0926. The lowest BCUT2D eigenvalue weighted by molar-refractivity contribution is -0.124. The molecule has 0 radical (unpaired) electrons. The summed E-state index contributed by atoms with van der Waals surface area (Å²) in [6.45, 7) is 6.04. The summed E-state index contributed by atoms with van der Waals surface area (Å²) < 4.78 is 1.86. The number of carbonyl (C=O) groups excluding carboxylic acids is 1. The van der Waals surface area contributed by atoms with Crippen LogP contribution in [0.4, 0.5) is 0 Å². The number of rotatable bonds is 4. The number of aryl methyl sites for hydroxylation is 2. The van der Waals surface area contributed by atoms with Gasteiger partial charge in [0.2, 0.25) is 5.91 Å². The maximum absolute atomic E-state index is 12.9. The monoisotopic (exact) mass is 331 g/mol. The first-order valence-electron chi connectivity index (χ1n) is 7.92. The third-order valence-electron chi connectivity index (χ3n) is 4.93. The van der Waals surface area contributed by atoms with E-state index in [9.17, 15) is 4.79 Å². The molecule has 1 amide bonds. The van der Waals surface area contributed by atoms with E-state index in [1.807, 2.05) is 56.8 Å². The van der Waals surface area contributed by atoms with Crippen LogP contribution in [-0.2, 0) is 17.3 Å². The topological polar surface area (TPSA) is 46.9 Å². The molecule has 0 saturated heterocycles. The Morgan fingerprint density at radius 3 is 2.39 bits per heavy atom. The Balaban J connectivity index is 1.80. The summed E-state index contributed by atoms with van der Waals surface area (Å²) >= 11 is 5.95. The van der Waals surface area contributed by atoms with E-state index in [1.54, 1.807) is 0 Å². The van der Waals surface area contributed by atoms with Gasteiger partial charge in [0.05, 0.1) is 17.2 Å². The smallest absolute Gasteiger partial charge is 0.231 e. The standard InChI is InChI=1S/C18H22ClN3O/c1-11(16-12(2)21-22(4)13(16)3)20-17(23)18(9-10-18)14-5-7-15(19)8-6-14/h5-8,11H,9-10H2,1-4H3,(H,20,23)/t11-/m1/s1. The summed E-state index contributed by atoms with van der Waals surface area (Å²) in [6, 6.07) is 7.56. The maximum Gasteiger partial charge on any atom is 0.231 e. The van der Waals surface area contributed by atoms with Crippen molar-refractivity contribution in [1.29, 1.82) is 0 Å². The molecule has 4 nitrogen and oxygen atoms in total. The molecule has 1 N–H and O–H groups in total. The van der Waals surface area contributed by atoms with Crippen LogP contribution in [-0.4, -0.2) is 15.7 Å². The molecule has 1 aromatic carbocycles. The van der Waals surface area contributed by atoms with Crippen LogP contribution in [0.15, 0.2) is 24.3 Å². The summed E-state index contributed by atoms with van der Waals surface area (Å²) in [5, 5.41) is 8.31. The van der Waals surface area contributed by atoms with E-state index < -0.39 is 0 Å². The number of amides is 1. The molecule has 0 spiro atoms.